The molecule has 1 fully saturated rings. The number of pyridine rings is 1. The lowest BCUT2D eigenvalue weighted by atomic mass is 9.85. The maximum absolute atomic E-state index is 13.8. The molecule has 1 aliphatic heterocycles. The smallest absolute Gasteiger partial charge is 0.326 e. The van der Waals surface area contributed by atoms with Crippen LogP contribution in [0.25, 0.3) is 10.9 Å². The van der Waals surface area contributed by atoms with E-state index in [2.05, 4.69) is 20.6 Å². The number of ether oxygens (including phenoxy) is 2. The number of hydrogen-bond donors (Lipinski definition) is 4. The molecule has 1 aromatic carbocycles. The van der Waals surface area contributed by atoms with Gasteiger partial charge in [-0.15, -0.1) is 0 Å². The average Bonchev–Trinajstić information content (AvgIpc) is 3.29. The first-order chi connectivity index (χ1) is 19.1. The van der Waals surface area contributed by atoms with Gasteiger partial charge in [-0.25, -0.2) is 19.6 Å². The molecule has 222 valence electrons. The van der Waals surface area contributed by atoms with Crippen molar-refractivity contribution in [3.8, 4) is 11.5 Å². The van der Waals surface area contributed by atoms with Crippen LogP contribution in [0.15, 0.2) is 41.5 Å². The van der Waals surface area contributed by atoms with Crippen molar-refractivity contribution < 1.29 is 29.0 Å². The summed E-state index contributed by atoms with van der Waals surface area (Å²) >= 11 is 0. The summed E-state index contributed by atoms with van der Waals surface area (Å²) < 4.78 is 11.7. The van der Waals surface area contributed by atoms with Gasteiger partial charge < -0.3 is 35.8 Å². The van der Waals surface area contributed by atoms with Gasteiger partial charge in [0.05, 0.1) is 19.2 Å². The van der Waals surface area contributed by atoms with Gasteiger partial charge in [0.25, 0.3) is 0 Å². The molecular formula is C29H40N6O6. The lowest BCUT2D eigenvalue weighted by molar-refractivity contribution is -0.150. The van der Waals surface area contributed by atoms with Crippen LogP contribution < -0.4 is 25.8 Å². The summed E-state index contributed by atoms with van der Waals surface area (Å²) in [4.78, 5) is 48.9. The van der Waals surface area contributed by atoms with E-state index in [0.717, 1.165) is 0 Å². The standard InChI is InChI=1S/C29H40N6O6/c1-28(2,3)24(33-27(39)34-29(4,5)6)25(36)35-16-18(14-21(35)26(37)38)41-22-15-23(31-12-8-11-30)32-20-13-17(40-7)9-10-19(20)22/h8-13,15,18,21,24H,14,16,30H2,1-7H3,(H,37,38)(H2,33,34,39)/t18-,21+,24-/m1/s1. The molecular weight excluding hydrogens is 528 g/mol. The number of hydrogen-bond acceptors (Lipinski definition) is 8. The number of likely N-dealkylation sites (tertiary alicyclic amines) is 1. The highest BCUT2D eigenvalue weighted by molar-refractivity contribution is 5.92. The maximum Gasteiger partial charge on any atom is 0.326 e. The van der Waals surface area contributed by atoms with Crippen LogP contribution in [0.3, 0.4) is 0 Å². The van der Waals surface area contributed by atoms with Crippen LogP contribution in [0.2, 0.25) is 0 Å². The van der Waals surface area contributed by atoms with E-state index >= 15 is 0 Å². The molecule has 3 atom stereocenters. The maximum atomic E-state index is 13.8. The first-order valence-corrected chi connectivity index (χ1v) is 13.3. The molecule has 1 aliphatic rings. The van der Waals surface area contributed by atoms with Crippen LogP contribution >= 0.6 is 0 Å². The summed E-state index contributed by atoms with van der Waals surface area (Å²) in [6.45, 7) is 10.9. The Hall–Kier alpha value is -4.35. The molecule has 0 saturated carbocycles. The van der Waals surface area contributed by atoms with E-state index in [1.807, 2.05) is 41.5 Å². The van der Waals surface area contributed by atoms with Crippen molar-refractivity contribution in [2.75, 3.05) is 13.7 Å². The van der Waals surface area contributed by atoms with Crippen LogP contribution in [-0.4, -0.2) is 76.5 Å². The monoisotopic (exact) mass is 568 g/mol. The summed E-state index contributed by atoms with van der Waals surface area (Å²) in [5.41, 5.74) is 4.74. The van der Waals surface area contributed by atoms with Crippen LogP contribution in [0.5, 0.6) is 11.5 Å². The molecule has 2 heterocycles. The molecule has 1 saturated heterocycles. The SMILES string of the molecule is COc1ccc2c(O[C@@H]3C[C@@H](C(=O)O)N(C(=O)[C@@H](NC(=O)NC(C)(C)C)C(C)(C)C)C3)cc(N=CC=CN)nc2c1. The normalized spacial score (nSPS) is 18.6. The third-order valence-corrected chi connectivity index (χ3v) is 6.37. The number of nitrogens with zero attached hydrogens (tertiary/aromatic N) is 3. The summed E-state index contributed by atoms with van der Waals surface area (Å²) in [7, 11) is 1.55. The Morgan fingerprint density at radius 3 is 2.49 bits per heavy atom. The third-order valence-electron chi connectivity index (χ3n) is 6.37. The summed E-state index contributed by atoms with van der Waals surface area (Å²) in [6, 6.07) is 4.33. The van der Waals surface area contributed by atoms with Crippen molar-refractivity contribution in [2.24, 2.45) is 16.1 Å². The van der Waals surface area contributed by atoms with Crippen LogP contribution in [0, 0.1) is 5.41 Å². The van der Waals surface area contributed by atoms with Gasteiger partial charge in [0.2, 0.25) is 5.91 Å². The van der Waals surface area contributed by atoms with Crippen LogP contribution in [0.1, 0.15) is 48.0 Å². The number of amides is 3. The Labute approximate surface area is 240 Å². The molecule has 5 N–H and O–H groups in total. The summed E-state index contributed by atoms with van der Waals surface area (Å²) in [5, 5.41) is 16.2. The first kappa shape index (κ1) is 31.2. The topological polar surface area (TPSA) is 168 Å². The molecule has 0 aliphatic carbocycles. The number of methoxy groups -OCH3 is 1. The van der Waals surface area contributed by atoms with Crippen molar-refractivity contribution in [3.05, 3.63) is 36.5 Å². The van der Waals surface area contributed by atoms with E-state index in [4.69, 9.17) is 15.2 Å². The lowest BCUT2D eigenvalue weighted by Gasteiger charge is -2.35. The molecule has 3 rings (SSSR count). The molecule has 0 radical (unpaired) electrons. The van der Waals surface area contributed by atoms with Gasteiger partial charge in [0.15, 0.2) is 5.82 Å². The number of carboxylic acids is 1. The fourth-order valence-electron chi connectivity index (χ4n) is 4.49. The first-order valence-electron chi connectivity index (χ1n) is 13.3. The number of allylic oxidation sites excluding steroid dienone is 1. The molecule has 0 spiro atoms. The van der Waals surface area contributed by atoms with Gasteiger partial charge in [-0.3, -0.25) is 4.79 Å². The summed E-state index contributed by atoms with van der Waals surface area (Å²) in [5.74, 6) is -0.275. The Morgan fingerprint density at radius 2 is 1.90 bits per heavy atom. The minimum atomic E-state index is -1.15. The lowest BCUT2D eigenvalue weighted by Crippen LogP contribution is -2.60. The Bertz CT molecular complexity index is 1340. The van der Waals surface area contributed by atoms with Gasteiger partial charge in [-0.1, -0.05) is 20.8 Å². The van der Waals surface area contributed by atoms with Crippen molar-refractivity contribution in [1.82, 2.24) is 20.5 Å². The number of fused-ring (bicyclic) bond motifs is 1. The van der Waals surface area contributed by atoms with Gasteiger partial charge >= 0.3 is 12.0 Å². The number of aromatic nitrogens is 1. The number of urea groups is 1. The second-order valence-electron chi connectivity index (χ2n) is 12.0. The Balaban J connectivity index is 1.92. The fourth-order valence-corrected chi connectivity index (χ4v) is 4.49. The van der Waals surface area contributed by atoms with E-state index in [1.54, 1.807) is 37.5 Å². The number of carboxylic acid groups (broad SMARTS) is 1. The highest BCUT2D eigenvalue weighted by atomic mass is 16.5. The number of aliphatic carboxylic acids is 1. The van der Waals surface area contributed by atoms with E-state index in [1.165, 1.54) is 17.3 Å². The molecule has 12 heteroatoms. The zero-order valence-corrected chi connectivity index (χ0v) is 24.6. The fraction of sp³-hybridized carbons (Fsp3) is 0.483. The zero-order valence-electron chi connectivity index (χ0n) is 24.6. The quantitative estimate of drug-likeness (QED) is 0.352. The molecule has 0 bridgehead atoms. The molecule has 41 heavy (non-hydrogen) atoms. The predicted molar refractivity (Wildman–Crippen MR) is 157 cm³/mol. The highest BCUT2D eigenvalue weighted by Crippen LogP contribution is 2.34. The van der Waals surface area contributed by atoms with Crippen molar-refractivity contribution >= 4 is 40.8 Å². The number of nitrogens with two attached hydrogens (primary N) is 1. The number of carbonyl (C=O) groups is 3. The number of rotatable bonds is 8. The zero-order chi connectivity index (χ0) is 30.5. The van der Waals surface area contributed by atoms with Gasteiger partial charge in [0, 0.05) is 35.7 Å². The average molecular weight is 569 g/mol. The van der Waals surface area contributed by atoms with Crippen LogP contribution in [0.4, 0.5) is 10.6 Å². The second kappa shape index (κ2) is 12.4. The van der Waals surface area contributed by atoms with E-state index in [9.17, 15) is 19.5 Å². The largest absolute Gasteiger partial charge is 0.497 e. The van der Waals surface area contributed by atoms with Crippen LogP contribution in [-0.2, 0) is 9.59 Å². The number of carbonyl (C=O) groups excluding carboxylic acids is 2. The van der Waals surface area contributed by atoms with Gasteiger partial charge in [0.1, 0.15) is 29.7 Å². The van der Waals surface area contributed by atoms with Crippen molar-refractivity contribution in [2.45, 2.75) is 71.7 Å². The molecule has 12 nitrogen and oxygen atoms in total. The number of aliphatic imine (C=N–C) groups is 1. The third kappa shape index (κ3) is 8.09. The minimum Gasteiger partial charge on any atom is -0.497 e. The molecule has 1 aromatic heterocycles. The minimum absolute atomic E-state index is 0.0133. The molecule has 3 amide bonds. The summed E-state index contributed by atoms with van der Waals surface area (Å²) in [6.07, 6.45) is 3.80. The van der Waals surface area contributed by atoms with Gasteiger partial charge in [-0.2, -0.15) is 0 Å². The van der Waals surface area contributed by atoms with Crippen molar-refractivity contribution in [3.63, 3.8) is 0 Å². The second-order valence-corrected chi connectivity index (χ2v) is 12.0. The Morgan fingerprint density at radius 1 is 1.20 bits per heavy atom. The predicted octanol–water partition coefficient (Wildman–Crippen LogP) is 3.36. The van der Waals surface area contributed by atoms with Gasteiger partial charge in [-0.05, 0) is 50.6 Å². The molecule has 2 aromatic rings. The molecule has 0 unspecified atom stereocenters. The Kier molecular flexibility index (Phi) is 9.46. The van der Waals surface area contributed by atoms with E-state index < -0.39 is 47.0 Å². The number of benzene rings is 1. The van der Waals surface area contributed by atoms with E-state index in [0.29, 0.717) is 28.2 Å². The van der Waals surface area contributed by atoms with E-state index in [-0.39, 0.29) is 13.0 Å². The highest BCUT2D eigenvalue weighted by Gasteiger charge is 2.46. The van der Waals surface area contributed by atoms with Crippen molar-refractivity contribution in [1.29, 1.82) is 0 Å². The number of nitrogens with one attached hydrogen (secondary N) is 2.